The maximum Gasteiger partial charge on any atom is 0.262 e. The maximum absolute atomic E-state index is 12.8. The normalized spacial score (nSPS) is 10.4. The first-order valence-electron chi connectivity index (χ1n) is 11.1. The average Bonchev–Trinajstić information content (AvgIpc) is 2.86. The largest absolute Gasteiger partial charge is 0.493 e. The number of anilines is 1. The minimum atomic E-state index is -0.374. The number of ether oxygens (including phenoxy) is 3. The molecule has 0 aromatic heterocycles. The molecule has 0 atom stereocenters. The molecule has 3 aromatic carbocycles. The molecule has 0 bridgehead atoms. The van der Waals surface area contributed by atoms with Crippen molar-refractivity contribution in [1.29, 1.82) is 0 Å². The predicted molar refractivity (Wildman–Crippen MR) is 137 cm³/mol. The molecule has 2 amide bonds. The quantitative estimate of drug-likeness (QED) is 0.414. The highest BCUT2D eigenvalue weighted by atomic mass is 35.5. The number of nitrogens with one attached hydrogen (secondary N) is 2. The number of amides is 2. The molecule has 0 saturated heterocycles. The molecule has 184 valence electrons. The molecule has 8 heteroatoms. The Balaban J connectivity index is 1.57. The molecule has 2 N–H and O–H groups in total. The fourth-order valence-corrected chi connectivity index (χ4v) is 3.68. The summed E-state index contributed by atoms with van der Waals surface area (Å²) in [6.07, 6.45) is 0.606. The van der Waals surface area contributed by atoms with E-state index in [4.69, 9.17) is 25.8 Å². The summed E-state index contributed by atoms with van der Waals surface area (Å²) >= 11 is 6.18. The monoisotopic (exact) mass is 496 g/mol. The van der Waals surface area contributed by atoms with Crippen molar-refractivity contribution in [2.75, 3.05) is 32.7 Å². The standard InChI is InChI=1S/C27H29ClN2O5/c1-17-13-20(14-18(2)26(17)28)35-16-25(31)30-22-8-6-5-7-21(22)27(32)29-12-11-19-9-10-23(33-3)24(15-19)34-4/h5-10,13-15H,11-12,16H2,1-4H3,(H,29,32)(H,30,31). The second-order valence-electron chi connectivity index (χ2n) is 7.95. The van der Waals surface area contributed by atoms with Crippen molar-refractivity contribution in [2.24, 2.45) is 0 Å². The van der Waals surface area contributed by atoms with Crippen LogP contribution in [-0.4, -0.2) is 39.2 Å². The van der Waals surface area contributed by atoms with Crippen LogP contribution in [0.15, 0.2) is 54.6 Å². The molecular formula is C27H29ClN2O5. The number of benzene rings is 3. The smallest absolute Gasteiger partial charge is 0.262 e. The number of carbonyl (C=O) groups is 2. The average molecular weight is 497 g/mol. The van der Waals surface area contributed by atoms with Crippen molar-refractivity contribution in [2.45, 2.75) is 20.3 Å². The highest BCUT2D eigenvalue weighted by Crippen LogP contribution is 2.28. The third-order valence-corrected chi connectivity index (χ3v) is 5.97. The lowest BCUT2D eigenvalue weighted by molar-refractivity contribution is -0.118. The second kappa shape index (κ2) is 12.1. The van der Waals surface area contributed by atoms with Crippen molar-refractivity contribution in [3.8, 4) is 17.2 Å². The fourth-order valence-electron chi connectivity index (χ4n) is 3.57. The third kappa shape index (κ3) is 6.90. The van der Waals surface area contributed by atoms with Crippen LogP contribution in [0, 0.1) is 13.8 Å². The lowest BCUT2D eigenvalue weighted by Crippen LogP contribution is -2.28. The van der Waals surface area contributed by atoms with E-state index in [9.17, 15) is 9.59 Å². The molecular weight excluding hydrogens is 468 g/mol. The van der Waals surface area contributed by atoms with Gasteiger partial charge in [-0.25, -0.2) is 0 Å². The van der Waals surface area contributed by atoms with Gasteiger partial charge in [0.15, 0.2) is 18.1 Å². The number of methoxy groups -OCH3 is 2. The highest BCUT2D eigenvalue weighted by molar-refractivity contribution is 6.32. The Morgan fingerprint density at radius 1 is 0.914 bits per heavy atom. The van der Waals surface area contributed by atoms with Gasteiger partial charge < -0.3 is 24.8 Å². The van der Waals surface area contributed by atoms with Gasteiger partial charge in [-0.2, -0.15) is 0 Å². The van der Waals surface area contributed by atoms with Gasteiger partial charge in [-0.05, 0) is 73.4 Å². The van der Waals surface area contributed by atoms with E-state index in [0.717, 1.165) is 16.7 Å². The van der Waals surface area contributed by atoms with E-state index in [-0.39, 0.29) is 18.4 Å². The van der Waals surface area contributed by atoms with Gasteiger partial charge in [0, 0.05) is 11.6 Å². The summed E-state index contributed by atoms with van der Waals surface area (Å²) in [6.45, 7) is 3.97. The summed E-state index contributed by atoms with van der Waals surface area (Å²) in [5.41, 5.74) is 3.52. The van der Waals surface area contributed by atoms with Gasteiger partial charge in [0.25, 0.3) is 11.8 Å². The van der Waals surface area contributed by atoms with Crippen LogP contribution in [0.2, 0.25) is 5.02 Å². The number of hydrogen-bond donors (Lipinski definition) is 2. The number of aryl methyl sites for hydroxylation is 2. The number of para-hydroxylation sites is 1. The van der Waals surface area contributed by atoms with Gasteiger partial charge in [0.2, 0.25) is 0 Å². The molecule has 0 spiro atoms. The lowest BCUT2D eigenvalue weighted by atomic mass is 10.1. The van der Waals surface area contributed by atoms with E-state index in [1.807, 2.05) is 32.0 Å². The second-order valence-corrected chi connectivity index (χ2v) is 8.33. The molecule has 0 radical (unpaired) electrons. The minimum Gasteiger partial charge on any atom is -0.493 e. The molecule has 0 unspecified atom stereocenters. The molecule has 0 aliphatic heterocycles. The Labute approximate surface area is 210 Å². The van der Waals surface area contributed by atoms with Gasteiger partial charge in [0.05, 0.1) is 25.5 Å². The molecule has 7 nitrogen and oxygen atoms in total. The van der Waals surface area contributed by atoms with E-state index < -0.39 is 0 Å². The summed E-state index contributed by atoms with van der Waals surface area (Å²) in [5.74, 6) is 1.18. The molecule has 0 aliphatic carbocycles. The molecule has 0 fully saturated rings. The highest BCUT2D eigenvalue weighted by Gasteiger charge is 2.14. The first-order chi connectivity index (χ1) is 16.8. The van der Waals surface area contributed by atoms with Crippen LogP contribution in [0.5, 0.6) is 17.2 Å². The Morgan fingerprint density at radius 2 is 1.60 bits per heavy atom. The molecule has 3 rings (SSSR count). The van der Waals surface area contributed by atoms with Crippen molar-refractivity contribution in [3.05, 3.63) is 81.9 Å². The summed E-state index contributed by atoms with van der Waals surface area (Å²) in [7, 11) is 3.16. The SMILES string of the molecule is COc1ccc(CCNC(=O)c2ccccc2NC(=O)COc2cc(C)c(Cl)c(C)c2)cc1OC. The van der Waals surface area contributed by atoms with Crippen molar-refractivity contribution < 1.29 is 23.8 Å². The van der Waals surface area contributed by atoms with E-state index in [1.165, 1.54) is 0 Å². The first kappa shape index (κ1) is 25.9. The Hall–Kier alpha value is -3.71. The van der Waals surface area contributed by atoms with Gasteiger partial charge in [-0.15, -0.1) is 0 Å². The van der Waals surface area contributed by atoms with Crippen LogP contribution in [0.25, 0.3) is 0 Å². The number of carbonyl (C=O) groups excluding carboxylic acids is 2. The topological polar surface area (TPSA) is 85.9 Å². The van der Waals surface area contributed by atoms with Crippen molar-refractivity contribution in [1.82, 2.24) is 5.32 Å². The third-order valence-electron chi connectivity index (χ3n) is 5.37. The van der Waals surface area contributed by atoms with Crippen molar-refractivity contribution >= 4 is 29.1 Å². The van der Waals surface area contributed by atoms with Crippen LogP contribution in [0.3, 0.4) is 0 Å². The Morgan fingerprint density at radius 3 is 2.29 bits per heavy atom. The van der Waals surface area contributed by atoms with E-state index in [0.29, 0.717) is 46.5 Å². The summed E-state index contributed by atoms with van der Waals surface area (Å²) in [4.78, 5) is 25.3. The van der Waals surface area contributed by atoms with Gasteiger partial charge in [-0.1, -0.05) is 29.8 Å². The summed E-state index contributed by atoms with van der Waals surface area (Å²) < 4.78 is 16.2. The van der Waals surface area contributed by atoms with E-state index >= 15 is 0 Å². The molecule has 3 aromatic rings. The summed E-state index contributed by atoms with van der Waals surface area (Å²) in [6, 6.07) is 16.0. The summed E-state index contributed by atoms with van der Waals surface area (Å²) in [5, 5.41) is 6.33. The van der Waals surface area contributed by atoms with Gasteiger partial charge >= 0.3 is 0 Å². The van der Waals surface area contributed by atoms with Gasteiger partial charge in [0.1, 0.15) is 5.75 Å². The number of hydrogen-bond acceptors (Lipinski definition) is 5. The van der Waals surface area contributed by atoms with E-state index in [2.05, 4.69) is 10.6 Å². The van der Waals surface area contributed by atoms with Crippen LogP contribution in [0.1, 0.15) is 27.0 Å². The minimum absolute atomic E-state index is 0.199. The zero-order chi connectivity index (χ0) is 25.4. The van der Waals surface area contributed by atoms with Crippen LogP contribution < -0.4 is 24.8 Å². The van der Waals surface area contributed by atoms with Gasteiger partial charge in [-0.3, -0.25) is 9.59 Å². The molecule has 0 aliphatic rings. The molecule has 0 saturated carbocycles. The predicted octanol–water partition coefficient (Wildman–Crippen LogP) is 4.96. The number of rotatable bonds is 10. The van der Waals surface area contributed by atoms with E-state index in [1.54, 1.807) is 50.6 Å². The van der Waals surface area contributed by atoms with Crippen LogP contribution >= 0.6 is 11.6 Å². The maximum atomic E-state index is 12.8. The lowest BCUT2D eigenvalue weighted by Gasteiger charge is -2.13. The molecule has 35 heavy (non-hydrogen) atoms. The van der Waals surface area contributed by atoms with Crippen LogP contribution in [-0.2, 0) is 11.2 Å². The number of halogens is 1. The first-order valence-corrected chi connectivity index (χ1v) is 11.5. The van der Waals surface area contributed by atoms with Crippen molar-refractivity contribution in [3.63, 3.8) is 0 Å². The fraction of sp³-hybridized carbons (Fsp3) is 0.259. The zero-order valence-corrected chi connectivity index (χ0v) is 21.0. The zero-order valence-electron chi connectivity index (χ0n) is 20.2. The Kier molecular flexibility index (Phi) is 8.98. The van der Waals surface area contributed by atoms with Crippen LogP contribution in [0.4, 0.5) is 5.69 Å². The molecule has 0 heterocycles. The Bertz CT molecular complexity index is 1190.